The summed E-state index contributed by atoms with van der Waals surface area (Å²) in [6.45, 7) is 0. The lowest BCUT2D eigenvalue weighted by Gasteiger charge is -1.87. The molecule has 4 heteroatoms. The molecule has 0 aromatic rings. The summed E-state index contributed by atoms with van der Waals surface area (Å²) in [4.78, 5) is 10.4. The van der Waals surface area contributed by atoms with Crippen LogP contribution in [0.3, 0.4) is 0 Å². The van der Waals surface area contributed by atoms with Crippen molar-refractivity contribution in [3.05, 3.63) is 12.2 Å². The van der Waals surface area contributed by atoms with E-state index in [0.717, 1.165) is 0 Å². The van der Waals surface area contributed by atoms with Gasteiger partial charge >= 0.3 is 0 Å². The molecular formula is C5H9N3O. The Morgan fingerprint density at radius 3 is 2.56 bits per heavy atom. The lowest BCUT2D eigenvalue weighted by atomic mass is 10.4. The molecule has 0 aromatic carbocycles. The van der Waals surface area contributed by atoms with Crippen LogP contribution in [0.1, 0.15) is 0 Å². The first-order valence-electron chi connectivity index (χ1n) is 2.40. The molecular weight excluding hydrogens is 118 g/mol. The highest BCUT2D eigenvalue weighted by atomic mass is 16.1. The number of nitrogens with one attached hydrogen (secondary N) is 2. The van der Waals surface area contributed by atoms with Crippen molar-refractivity contribution in [3.8, 4) is 0 Å². The van der Waals surface area contributed by atoms with E-state index in [-0.39, 0.29) is 11.7 Å². The number of likely N-dealkylation sites (N-methyl/N-ethyl adjacent to an activating group) is 1. The van der Waals surface area contributed by atoms with Crippen LogP contribution in [0.15, 0.2) is 12.2 Å². The zero-order valence-electron chi connectivity index (χ0n) is 5.14. The number of carbonyl (C=O) groups excluding carboxylic acids is 1. The SMILES string of the molecule is CNC(=O)/C=C\C(=N)N. The van der Waals surface area contributed by atoms with E-state index in [1.54, 1.807) is 0 Å². The molecule has 4 N–H and O–H groups in total. The minimum Gasteiger partial charge on any atom is -0.384 e. The molecule has 0 radical (unpaired) electrons. The van der Waals surface area contributed by atoms with Crippen molar-refractivity contribution >= 4 is 11.7 Å². The summed E-state index contributed by atoms with van der Waals surface area (Å²) >= 11 is 0. The highest BCUT2D eigenvalue weighted by Gasteiger charge is 1.85. The molecule has 0 aliphatic heterocycles. The number of rotatable bonds is 2. The molecule has 1 amide bonds. The molecule has 4 nitrogen and oxygen atoms in total. The van der Waals surface area contributed by atoms with Gasteiger partial charge in [0, 0.05) is 13.1 Å². The van der Waals surface area contributed by atoms with Gasteiger partial charge in [0.2, 0.25) is 5.91 Å². The molecule has 0 rings (SSSR count). The smallest absolute Gasteiger partial charge is 0.243 e. The fourth-order valence-corrected chi connectivity index (χ4v) is 0.249. The van der Waals surface area contributed by atoms with Crippen molar-refractivity contribution in [2.45, 2.75) is 0 Å². The van der Waals surface area contributed by atoms with Gasteiger partial charge < -0.3 is 11.1 Å². The zero-order valence-corrected chi connectivity index (χ0v) is 5.14. The van der Waals surface area contributed by atoms with Crippen molar-refractivity contribution in [2.24, 2.45) is 5.73 Å². The Morgan fingerprint density at radius 1 is 1.67 bits per heavy atom. The first-order chi connectivity index (χ1) is 4.16. The molecule has 0 aliphatic carbocycles. The third-order valence-electron chi connectivity index (χ3n) is 0.661. The van der Waals surface area contributed by atoms with Crippen LogP contribution in [0.5, 0.6) is 0 Å². The van der Waals surface area contributed by atoms with E-state index in [1.165, 1.54) is 19.2 Å². The summed E-state index contributed by atoms with van der Waals surface area (Å²) in [7, 11) is 1.51. The summed E-state index contributed by atoms with van der Waals surface area (Å²) < 4.78 is 0. The first kappa shape index (κ1) is 7.68. The van der Waals surface area contributed by atoms with Gasteiger partial charge in [-0.2, -0.15) is 0 Å². The minimum atomic E-state index is -0.259. The summed E-state index contributed by atoms with van der Waals surface area (Å²) in [6.07, 6.45) is 2.42. The Hall–Kier alpha value is -1.32. The maximum Gasteiger partial charge on any atom is 0.243 e. The molecule has 0 saturated carbocycles. The fourth-order valence-electron chi connectivity index (χ4n) is 0.249. The Bertz CT molecular complexity index is 150. The number of hydrogen-bond acceptors (Lipinski definition) is 2. The third kappa shape index (κ3) is 4.53. The van der Waals surface area contributed by atoms with Gasteiger partial charge in [-0.15, -0.1) is 0 Å². The Kier molecular flexibility index (Phi) is 3.12. The zero-order chi connectivity index (χ0) is 7.28. The van der Waals surface area contributed by atoms with Crippen LogP contribution in [-0.4, -0.2) is 18.8 Å². The van der Waals surface area contributed by atoms with Gasteiger partial charge in [0.05, 0.1) is 0 Å². The van der Waals surface area contributed by atoms with Gasteiger partial charge in [-0.05, 0) is 6.08 Å². The monoisotopic (exact) mass is 127 g/mol. The third-order valence-corrected chi connectivity index (χ3v) is 0.661. The molecule has 0 saturated heterocycles. The second kappa shape index (κ2) is 3.65. The first-order valence-corrected chi connectivity index (χ1v) is 2.40. The van der Waals surface area contributed by atoms with Crippen molar-refractivity contribution in [2.75, 3.05) is 7.05 Å². The number of nitrogens with two attached hydrogens (primary N) is 1. The Morgan fingerprint density at radius 2 is 2.22 bits per heavy atom. The van der Waals surface area contributed by atoms with Gasteiger partial charge in [0.15, 0.2) is 0 Å². The lowest BCUT2D eigenvalue weighted by Crippen LogP contribution is -2.15. The lowest BCUT2D eigenvalue weighted by molar-refractivity contribution is -0.116. The second-order valence-corrected chi connectivity index (χ2v) is 1.40. The highest BCUT2D eigenvalue weighted by molar-refractivity contribution is 5.96. The van der Waals surface area contributed by atoms with Gasteiger partial charge in [-0.1, -0.05) is 0 Å². The van der Waals surface area contributed by atoms with E-state index in [4.69, 9.17) is 11.1 Å². The van der Waals surface area contributed by atoms with E-state index in [0.29, 0.717) is 0 Å². The van der Waals surface area contributed by atoms with Crippen LogP contribution in [-0.2, 0) is 4.79 Å². The standard InChI is InChI=1S/C5H9N3O/c1-8-5(9)3-2-4(6)7/h2-3H,1H3,(H3,6,7)(H,8,9)/b3-2-. The molecule has 0 spiro atoms. The van der Waals surface area contributed by atoms with Gasteiger partial charge in [-0.3, -0.25) is 10.2 Å². The topological polar surface area (TPSA) is 79.0 Å². The molecule has 0 aliphatic rings. The number of hydrogen-bond donors (Lipinski definition) is 3. The van der Waals surface area contributed by atoms with Crippen LogP contribution >= 0.6 is 0 Å². The maximum atomic E-state index is 10.4. The van der Waals surface area contributed by atoms with Crippen LogP contribution in [0.4, 0.5) is 0 Å². The Balaban J connectivity index is 3.71. The molecule has 0 heterocycles. The predicted octanol–water partition coefficient (Wildman–Crippen LogP) is -0.775. The normalized spacial score (nSPS) is 9.44. The number of amides is 1. The molecule has 0 fully saturated rings. The molecule has 9 heavy (non-hydrogen) atoms. The predicted molar refractivity (Wildman–Crippen MR) is 35.1 cm³/mol. The fraction of sp³-hybridized carbons (Fsp3) is 0.200. The quantitative estimate of drug-likeness (QED) is 0.258. The summed E-state index contributed by atoms with van der Waals surface area (Å²) in [5, 5.41) is 9.02. The Labute approximate surface area is 53.2 Å². The van der Waals surface area contributed by atoms with E-state index in [1.807, 2.05) is 0 Å². The average Bonchev–Trinajstić information content (AvgIpc) is 1.83. The van der Waals surface area contributed by atoms with E-state index >= 15 is 0 Å². The maximum absolute atomic E-state index is 10.4. The minimum absolute atomic E-state index is 0.126. The van der Waals surface area contributed by atoms with Crippen molar-refractivity contribution < 1.29 is 4.79 Å². The van der Waals surface area contributed by atoms with Crippen LogP contribution in [0.2, 0.25) is 0 Å². The average molecular weight is 127 g/mol. The largest absolute Gasteiger partial charge is 0.384 e. The molecule has 0 bridgehead atoms. The van der Waals surface area contributed by atoms with Gasteiger partial charge in [0.25, 0.3) is 0 Å². The van der Waals surface area contributed by atoms with Gasteiger partial charge in [0.1, 0.15) is 5.84 Å². The van der Waals surface area contributed by atoms with Crippen LogP contribution in [0, 0.1) is 5.41 Å². The summed E-state index contributed by atoms with van der Waals surface area (Å²) in [6, 6.07) is 0. The molecule has 50 valence electrons. The van der Waals surface area contributed by atoms with E-state index in [2.05, 4.69) is 5.32 Å². The van der Waals surface area contributed by atoms with Gasteiger partial charge in [-0.25, -0.2) is 0 Å². The summed E-state index contributed by atoms with van der Waals surface area (Å²) in [5.41, 5.74) is 4.91. The summed E-state index contributed by atoms with van der Waals surface area (Å²) in [5.74, 6) is -0.385. The highest BCUT2D eigenvalue weighted by Crippen LogP contribution is 1.69. The van der Waals surface area contributed by atoms with Crippen molar-refractivity contribution in [1.82, 2.24) is 5.32 Å². The molecule has 0 unspecified atom stereocenters. The van der Waals surface area contributed by atoms with Crippen LogP contribution < -0.4 is 11.1 Å². The molecule has 0 atom stereocenters. The second-order valence-electron chi connectivity index (χ2n) is 1.40. The van der Waals surface area contributed by atoms with E-state index in [9.17, 15) is 4.79 Å². The number of carbonyl (C=O) groups is 1. The number of amidine groups is 1. The van der Waals surface area contributed by atoms with Crippen molar-refractivity contribution in [3.63, 3.8) is 0 Å². The van der Waals surface area contributed by atoms with E-state index < -0.39 is 0 Å². The van der Waals surface area contributed by atoms with Crippen LogP contribution in [0.25, 0.3) is 0 Å². The van der Waals surface area contributed by atoms with Crippen molar-refractivity contribution in [1.29, 1.82) is 5.41 Å². The molecule has 0 aromatic heterocycles.